The first-order valence-corrected chi connectivity index (χ1v) is 7.06. The van der Waals surface area contributed by atoms with Crippen molar-refractivity contribution in [3.05, 3.63) is 63.8 Å². The van der Waals surface area contributed by atoms with Crippen LogP contribution < -0.4 is 5.56 Å². The van der Waals surface area contributed by atoms with Crippen molar-refractivity contribution in [1.29, 1.82) is 0 Å². The molecule has 6 nitrogen and oxygen atoms in total. The van der Waals surface area contributed by atoms with E-state index in [1.807, 2.05) is 13.8 Å². The van der Waals surface area contributed by atoms with Crippen LogP contribution in [-0.4, -0.2) is 26.0 Å². The van der Waals surface area contributed by atoms with Crippen LogP contribution in [0.5, 0.6) is 0 Å². The number of aromatic carboxylic acids is 1. The highest BCUT2D eigenvalue weighted by atomic mass is 16.4. The Morgan fingerprint density at radius 3 is 2.65 bits per heavy atom. The third-order valence-electron chi connectivity index (χ3n) is 3.62. The fraction of sp³-hybridized carbons (Fsp3) is 0.118. The average molecular weight is 309 g/mol. The molecule has 6 heteroatoms. The van der Waals surface area contributed by atoms with Crippen LogP contribution in [0, 0.1) is 13.8 Å². The minimum atomic E-state index is -0.986. The summed E-state index contributed by atoms with van der Waals surface area (Å²) in [6.07, 6.45) is 1.56. The molecule has 3 rings (SSSR count). The van der Waals surface area contributed by atoms with Crippen LogP contribution in [0.4, 0.5) is 0 Å². The van der Waals surface area contributed by atoms with E-state index in [9.17, 15) is 14.7 Å². The maximum atomic E-state index is 11.6. The van der Waals surface area contributed by atoms with Crippen LogP contribution >= 0.6 is 0 Å². The average Bonchev–Trinajstić information content (AvgIpc) is 2.89. The number of hydrogen-bond donors (Lipinski definition) is 3. The number of benzene rings is 1. The maximum absolute atomic E-state index is 11.6. The molecule has 0 aliphatic rings. The summed E-state index contributed by atoms with van der Waals surface area (Å²) in [5, 5.41) is 9.20. The van der Waals surface area contributed by atoms with Crippen molar-refractivity contribution in [2.24, 2.45) is 0 Å². The standard InChI is InChI=1S/C17H15N3O3/c1-9-3-4-12(17(22)23)7-13(9)16-15(19-10(2)20-16)11-5-6-18-14(21)8-11/h3-8H,1-2H3,(H,18,21)(H,19,20)(H,22,23). The molecule has 0 saturated carbocycles. The summed E-state index contributed by atoms with van der Waals surface area (Å²) in [4.78, 5) is 33.0. The molecule has 0 spiro atoms. The van der Waals surface area contributed by atoms with E-state index in [-0.39, 0.29) is 11.1 Å². The van der Waals surface area contributed by atoms with Gasteiger partial charge in [0, 0.05) is 23.4 Å². The maximum Gasteiger partial charge on any atom is 0.335 e. The zero-order valence-electron chi connectivity index (χ0n) is 12.7. The molecule has 0 bridgehead atoms. The molecule has 0 atom stereocenters. The number of aromatic amines is 2. The zero-order chi connectivity index (χ0) is 16.6. The van der Waals surface area contributed by atoms with Crippen molar-refractivity contribution in [1.82, 2.24) is 15.0 Å². The van der Waals surface area contributed by atoms with Gasteiger partial charge in [0.05, 0.1) is 17.0 Å². The molecule has 0 radical (unpaired) electrons. The van der Waals surface area contributed by atoms with Crippen molar-refractivity contribution in [3.63, 3.8) is 0 Å². The molecule has 3 N–H and O–H groups in total. The van der Waals surface area contributed by atoms with Crippen LogP contribution in [0.1, 0.15) is 21.7 Å². The molecular weight excluding hydrogens is 294 g/mol. The normalized spacial score (nSPS) is 10.7. The lowest BCUT2D eigenvalue weighted by molar-refractivity contribution is 0.0697. The Hall–Kier alpha value is -3.15. The molecule has 0 aliphatic carbocycles. The molecule has 0 unspecified atom stereocenters. The predicted molar refractivity (Wildman–Crippen MR) is 86.5 cm³/mol. The van der Waals surface area contributed by atoms with E-state index in [1.54, 1.807) is 30.5 Å². The fourth-order valence-corrected chi connectivity index (χ4v) is 2.51. The smallest absolute Gasteiger partial charge is 0.335 e. The minimum Gasteiger partial charge on any atom is -0.478 e. The van der Waals surface area contributed by atoms with Gasteiger partial charge >= 0.3 is 5.97 Å². The number of rotatable bonds is 3. The van der Waals surface area contributed by atoms with Crippen molar-refractivity contribution >= 4 is 5.97 Å². The number of pyridine rings is 1. The quantitative estimate of drug-likeness (QED) is 0.692. The second-order valence-corrected chi connectivity index (χ2v) is 5.32. The Labute approximate surface area is 131 Å². The number of aryl methyl sites for hydroxylation is 2. The van der Waals surface area contributed by atoms with E-state index in [4.69, 9.17) is 0 Å². The molecular formula is C17H15N3O3. The highest BCUT2D eigenvalue weighted by Crippen LogP contribution is 2.32. The van der Waals surface area contributed by atoms with E-state index in [2.05, 4.69) is 15.0 Å². The van der Waals surface area contributed by atoms with Crippen molar-refractivity contribution in [2.45, 2.75) is 13.8 Å². The Morgan fingerprint density at radius 2 is 1.96 bits per heavy atom. The topological polar surface area (TPSA) is 98.8 Å². The largest absolute Gasteiger partial charge is 0.478 e. The number of H-pyrrole nitrogens is 2. The summed E-state index contributed by atoms with van der Waals surface area (Å²) < 4.78 is 0. The van der Waals surface area contributed by atoms with Gasteiger partial charge in [0.15, 0.2) is 0 Å². The summed E-state index contributed by atoms with van der Waals surface area (Å²) >= 11 is 0. The monoisotopic (exact) mass is 309 g/mol. The van der Waals surface area contributed by atoms with Gasteiger partial charge in [-0.1, -0.05) is 6.07 Å². The SMILES string of the molecule is Cc1nc(-c2cc[nH]c(=O)c2)c(-c2cc(C(=O)O)ccc2C)[nH]1. The van der Waals surface area contributed by atoms with Crippen LogP contribution in [0.15, 0.2) is 41.3 Å². The number of carboxylic acids is 1. The number of carboxylic acid groups (broad SMARTS) is 1. The van der Waals surface area contributed by atoms with Crippen molar-refractivity contribution in [3.8, 4) is 22.5 Å². The van der Waals surface area contributed by atoms with E-state index in [1.165, 1.54) is 6.07 Å². The van der Waals surface area contributed by atoms with Crippen molar-refractivity contribution in [2.75, 3.05) is 0 Å². The highest BCUT2D eigenvalue weighted by Gasteiger charge is 2.16. The molecule has 2 heterocycles. The lowest BCUT2D eigenvalue weighted by Crippen LogP contribution is -2.02. The minimum absolute atomic E-state index is 0.203. The Bertz CT molecular complexity index is 954. The first-order chi connectivity index (χ1) is 11.0. The van der Waals surface area contributed by atoms with Crippen LogP contribution in [0.3, 0.4) is 0 Å². The summed E-state index contributed by atoms with van der Waals surface area (Å²) in [5.41, 5.74) is 3.66. The fourth-order valence-electron chi connectivity index (χ4n) is 2.51. The summed E-state index contributed by atoms with van der Waals surface area (Å²) in [6.45, 7) is 3.72. The van der Waals surface area contributed by atoms with Crippen LogP contribution in [0.2, 0.25) is 0 Å². The number of carbonyl (C=O) groups is 1. The van der Waals surface area contributed by atoms with E-state index >= 15 is 0 Å². The molecule has 116 valence electrons. The number of nitrogens with zero attached hydrogens (tertiary/aromatic N) is 1. The Morgan fingerprint density at radius 1 is 1.17 bits per heavy atom. The lowest BCUT2D eigenvalue weighted by atomic mass is 9.99. The molecule has 3 aromatic rings. The molecule has 0 saturated heterocycles. The van der Waals surface area contributed by atoms with Gasteiger partial charge in [0.1, 0.15) is 5.82 Å². The molecule has 0 fully saturated rings. The number of nitrogens with one attached hydrogen (secondary N) is 2. The number of imidazole rings is 1. The zero-order valence-corrected chi connectivity index (χ0v) is 12.7. The van der Waals surface area contributed by atoms with Gasteiger partial charge in [-0.05, 0) is 37.6 Å². The Kier molecular flexibility index (Phi) is 3.57. The first-order valence-electron chi connectivity index (χ1n) is 7.06. The number of hydrogen-bond acceptors (Lipinski definition) is 3. The highest BCUT2D eigenvalue weighted by molar-refractivity contribution is 5.91. The second-order valence-electron chi connectivity index (χ2n) is 5.32. The van der Waals surface area contributed by atoms with Gasteiger partial charge in [0.2, 0.25) is 5.56 Å². The van der Waals surface area contributed by atoms with Gasteiger partial charge in [-0.2, -0.15) is 0 Å². The summed E-state index contributed by atoms with van der Waals surface area (Å²) in [5.74, 6) is -0.296. The van der Waals surface area contributed by atoms with Crippen molar-refractivity contribution < 1.29 is 9.90 Å². The molecule has 23 heavy (non-hydrogen) atoms. The van der Waals surface area contributed by atoms with Crippen LogP contribution in [-0.2, 0) is 0 Å². The third-order valence-corrected chi connectivity index (χ3v) is 3.62. The van der Waals surface area contributed by atoms with Crippen LogP contribution in [0.25, 0.3) is 22.5 Å². The van der Waals surface area contributed by atoms with E-state index in [0.29, 0.717) is 22.8 Å². The van der Waals surface area contributed by atoms with Gasteiger partial charge in [-0.25, -0.2) is 9.78 Å². The molecule has 0 aliphatic heterocycles. The van der Waals surface area contributed by atoms with Gasteiger partial charge in [0.25, 0.3) is 0 Å². The van der Waals surface area contributed by atoms with E-state index in [0.717, 1.165) is 11.1 Å². The summed E-state index contributed by atoms with van der Waals surface area (Å²) in [7, 11) is 0. The lowest BCUT2D eigenvalue weighted by Gasteiger charge is -2.08. The molecule has 2 aromatic heterocycles. The summed E-state index contributed by atoms with van der Waals surface area (Å²) in [6, 6.07) is 8.17. The van der Waals surface area contributed by atoms with Gasteiger partial charge in [-0.3, -0.25) is 4.79 Å². The van der Waals surface area contributed by atoms with E-state index < -0.39 is 5.97 Å². The predicted octanol–water partition coefficient (Wildman–Crippen LogP) is 2.75. The second kappa shape index (κ2) is 5.57. The third kappa shape index (κ3) is 2.78. The first kappa shape index (κ1) is 14.8. The van der Waals surface area contributed by atoms with Gasteiger partial charge < -0.3 is 15.1 Å². The van der Waals surface area contributed by atoms with Gasteiger partial charge in [-0.15, -0.1) is 0 Å². The molecule has 1 aromatic carbocycles. The Balaban J connectivity index is 2.24. The number of aromatic nitrogens is 3. The molecule has 0 amide bonds.